The third-order valence-electron chi connectivity index (χ3n) is 4.93. The van der Waals surface area contributed by atoms with Gasteiger partial charge in [0.2, 0.25) is 0 Å². The molecule has 4 nitrogen and oxygen atoms in total. The third kappa shape index (κ3) is 4.24. The van der Waals surface area contributed by atoms with Crippen molar-refractivity contribution >= 4 is 11.0 Å². The summed E-state index contributed by atoms with van der Waals surface area (Å²) in [5.74, 6) is 1.88. The van der Waals surface area contributed by atoms with E-state index < -0.39 is 0 Å². The highest BCUT2D eigenvalue weighted by atomic mass is 16.5. The van der Waals surface area contributed by atoms with Crippen molar-refractivity contribution in [1.29, 1.82) is 0 Å². The lowest BCUT2D eigenvalue weighted by atomic mass is 10.1. The number of ether oxygens (including phenoxy) is 1. The summed E-state index contributed by atoms with van der Waals surface area (Å²) in [5.41, 5.74) is 4.71. The first-order chi connectivity index (χ1) is 13.8. The molecular weight excluding hydrogens is 346 g/mol. The first kappa shape index (κ1) is 18.3. The lowest BCUT2D eigenvalue weighted by Gasteiger charge is -2.11. The Bertz CT molecular complexity index is 1030. The second-order valence-electron chi connectivity index (χ2n) is 6.87. The lowest BCUT2D eigenvalue weighted by molar-refractivity contribution is 0.415. The molecule has 142 valence electrons. The van der Waals surface area contributed by atoms with E-state index >= 15 is 0 Å². The van der Waals surface area contributed by atoms with Gasteiger partial charge >= 0.3 is 0 Å². The van der Waals surface area contributed by atoms with Gasteiger partial charge in [0.25, 0.3) is 0 Å². The van der Waals surface area contributed by atoms with E-state index in [1.165, 1.54) is 11.1 Å². The van der Waals surface area contributed by atoms with Gasteiger partial charge in [-0.2, -0.15) is 0 Å². The van der Waals surface area contributed by atoms with Crippen LogP contribution in [0.3, 0.4) is 0 Å². The van der Waals surface area contributed by atoms with E-state index in [-0.39, 0.29) is 0 Å². The van der Waals surface area contributed by atoms with Gasteiger partial charge in [0.1, 0.15) is 11.6 Å². The van der Waals surface area contributed by atoms with Gasteiger partial charge in [0.15, 0.2) is 0 Å². The summed E-state index contributed by atoms with van der Waals surface area (Å²) in [4.78, 5) is 4.88. The molecule has 1 heterocycles. The maximum atomic E-state index is 5.37. The highest BCUT2D eigenvalue weighted by molar-refractivity contribution is 5.78. The summed E-state index contributed by atoms with van der Waals surface area (Å²) in [6, 6.07) is 27.2. The Balaban J connectivity index is 1.54. The van der Waals surface area contributed by atoms with Crippen molar-refractivity contribution in [1.82, 2.24) is 14.9 Å². The smallest absolute Gasteiger partial charge is 0.124 e. The Labute approximate surface area is 165 Å². The maximum Gasteiger partial charge on any atom is 0.124 e. The van der Waals surface area contributed by atoms with Crippen LogP contribution >= 0.6 is 0 Å². The molecule has 0 fully saturated rings. The number of nitrogens with one attached hydrogen (secondary N) is 1. The molecule has 0 aliphatic heterocycles. The van der Waals surface area contributed by atoms with Crippen molar-refractivity contribution in [2.45, 2.75) is 19.5 Å². The van der Waals surface area contributed by atoms with Crippen molar-refractivity contribution in [3.63, 3.8) is 0 Å². The summed E-state index contributed by atoms with van der Waals surface area (Å²) in [6.07, 6.45) is 1.01. The number of fused-ring (bicyclic) bond motifs is 1. The Morgan fingerprint density at radius 2 is 1.61 bits per heavy atom. The van der Waals surface area contributed by atoms with Gasteiger partial charge in [-0.25, -0.2) is 4.98 Å². The Kier molecular flexibility index (Phi) is 5.69. The number of aromatic nitrogens is 2. The van der Waals surface area contributed by atoms with E-state index in [1.54, 1.807) is 7.11 Å². The number of imidazole rings is 1. The molecule has 1 N–H and O–H groups in total. The zero-order valence-electron chi connectivity index (χ0n) is 16.1. The van der Waals surface area contributed by atoms with Gasteiger partial charge in [-0.1, -0.05) is 60.7 Å². The molecule has 28 heavy (non-hydrogen) atoms. The van der Waals surface area contributed by atoms with Crippen LogP contribution in [0.15, 0.2) is 78.9 Å². The van der Waals surface area contributed by atoms with Crippen LogP contribution < -0.4 is 10.1 Å². The van der Waals surface area contributed by atoms with Crippen LogP contribution in [0.5, 0.6) is 5.75 Å². The topological polar surface area (TPSA) is 39.1 Å². The number of hydrogen-bond donors (Lipinski definition) is 1. The van der Waals surface area contributed by atoms with Crippen molar-refractivity contribution < 1.29 is 4.74 Å². The predicted octanol–water partition coefficient (Wildman–Crippen LogP) is 4.43. The molecule has 0 spiro atoms. The molecule has 0 radical (unpaired) electrons. The van der Waals surface area contributed by atoms with Crippen LogP contribution in [0.25, 0.3) is 11.0 Å². The average Bonchev–Trinajstić information content (AvgIpc) is 3.09. The van der Waals surface area contributed by atoms with Gasteiger partial charge in [0, 0.05) is 12.6 Å². The molecule has 0 amide bonds. The first-order valence-electron chi connectivity index (χ1n) is 9.65. The minimum atomic E-state index is 0.733. The van der Waals surface area contributed by atoms with Gasteiger partial charge in [-0.15, -0.1) is 0 Å². The molecule has 3 aromatic carbocycles. The zero-order valence-corrected chi connectivity index (χ0v) is 16.1. The van der Waals surface area contributed by atoms with Crippen molar-refractivity contribution in [3.8, 4) is 5.75 Å². The number of rotatable bonds is 8. The van der Waals surface area contributed by atoms with Crippen molar-refractivity contribution in [3.05, 3.63) is 95.8 Å². The molecule has 0 aliphatic carbocycles. The highest BCUT2D eigenvalue weighted by Crippen LogP contribution is 2.23. The van der Waals surface area contributed by atoms with Gasteiger partial charge in [-0.3, -0.25) is 0 Å². The highest BCUT2D eigenvalue weighted by Gasteiger charge is 2.12. The Morgan fingerprint density at radius 3 is 2.32 bits per heavy atom. The van der Waals surface area contributed by atoms with Crippen LogP contribution in [-0.2, 0) is 19.5 Å². The van der Waals surface area contributed by atoms with E-state index in [2.05, 4.69) is 70.5 Å². The number of benzene rings is 3. The van der Waals surface area contributed by atoms with Crippen molar-refractivity contribution in [2.75, 3.05) is 13.7 Å². The molecule has 0 unspecified atom stereocenters. The van der Waals surface area contributed by atoms with Crippen LogP contribution in [0, 0.1) is 0 Å². The summed E-state index contributed by atoms with van der Waals surface area (Å²) in [5, 5.41) is 3.55. The second kappa shape index (κ2) is 8.72. The summed E-state index contributed by atoms with van der Waals surface area (Å²) < 4.78 is 7.66. The molecule has 0 aliphatic rings. The fourth-order valence-corrected chi connectivity index (χ4v) is 3.44. The molecular formula is C24H25N3O. The van der Waals surface area contributed by atoms with Crippen LogP contribution in [-0.4, -0.2) is 23.2 Å². The third-order valence-corrected chi connectivity index (χ3v) is 4.93. The van der Waals surface area contributed by atoms with Gasteiger partial charge in [-0.05, 0) is 36.2 Å². The molecule has 4 aromatic rings. The number of nitrogens with zero attached hydrogens (tertiary/aromatic N) is 2. The first-order valence-corrected chi connectivity index (χ1v) is 9.65. The average molecular weight is 371 g/mol. The predicted molar refractivity (Wildman–Crippen MR) is 114 cm³/mol. The summed E-state index contributed by atoms with van der Waals surface area (Å²) >= 11 is 0. The van der Waals surface area contributed by atoms with Crippen LogP contribution in [0.4, 0.5) is 0 Å². The fourth-order valence-electron chi connectivity index (χ4n) is 3.44. The maximum absolute atomic E-state index is 5.37. The standard InChI is InChI=1S/C24H25N3O/c1-28-21-12-13-23-22(16-21)26-24(27(23)18-20-10-6-3-7-11-20)17-25-15-14-19-8-4-2-5-9-19/h2-13,16,25H,14-15,17-18H2,1H3. The van der Waals surface area contributed by atoms with Gasteiger partial charge in [0.05, 0.1) is 24.7 Å². The Hall–Kier alpha value is -3.11. The molecule has 0 saturated carbocycles. The molecule has 4 rings (SSSR count). The Morgan fingerprint density at radius 1 is 0.893 bits per heavy atom. The largest absolute Gasteiger partial charge is 0.497 e. The van der Waals surface area contributed by atoms with E-state index in [9.17, 15) is 0 Å². The van der Waals surface area contributed by atoms with Crippen LogP contribution in [0.1, 0.15) is 17.0 Å². The van der Waals surface area contributed by atoms with Gasteiger partial charge < -0.3 is 14.6 Å². The monoisotopic (exact) mass is 371 g/mol. The molecule has 0 saturated heterocycles. The second-order valence-corrected chi connectivity index (χ2v) is 6.87. The normalized spacial score (nSPS) is 11.0. The van der Waals surface area contributed by atoms with E-state index in [4.69, 9.17) is 9.72 Å². The van der Waals surface area contributed by atoms with E-state index in [0.29, 0.717) is 0 Å². The molecule has 0 atom stereocenters. The summed E-state index contributed by atoms with van der Waals surface area (Å²) in [7, 11) is 1.69. The quantitative estimate of drug-likeness (QED) is 0.466. The van der Waals surface area contributed by atoms with E-state index in [1.807, 2.05) is 18.2 Å². The zero-order chi connectivity index (χ0) is 19.2. The van der Waals surface area contributed by atoms with E-state index in [0.717, 1.165) is 48.7 Å². The molecule has 0 bridgehead atoms. The minimum absolute atomic E-state index is 0.733. The van der Waals surface area contributed by atoms with Crippen LogP contribution in [0.2, 0.25) is 0 Å². The van der Waals surface area contributed by atoms with Crippen molar-refractivity contribution in [2.24, 2.45) is 0 Å². The number of hydrogen-bond acceptors (Lipinski definition) is 3. The molecule has 1 aromatic heterocycles. The number of methoxy groups -OCH3 is 1. The SMILES string of the molecule is COc1ccc2c(c1)nc(CNCCc1ccccc1)n2Cc1ccccc1. The minimum Gasteiger partial charge on any atom is -0.497 e. The molecule has 4 heteroatoms. The summed E-state index contributed by atoms with van der Waals surface area (Å²) in [6.45, 7) is 2.46. The lowest BCUT2D eigenvalue weighted by Crippen LogP contribution is -2.20. The fraction of sp³-hybridized carbons (Fsp3) is 0.208.